The quantitative estimate of drug-likeness (QED) is 0.757. The second kappa shape index (κ2) is 7.62. The minimum atomic E-state index is 0.00607. The van der Waals surface area contributed by atoms with Crippen LogP contribution in [0.5, 0.6) is 0 Å². The highest BCUT2D eigenvalue weighted by Gasteiger charge is 2.08. The van der Waals surface area contributed by atoms with Crippen LogP contribution in [0.4, 0.5) is 5.69 Å². The lowest BCUT2D eigenvalue weighted by Gasteiger charge is -2.09. The van der Waals surface area contributed by atoms with Gasteiger partial charge in [0.25, 0.3) is 0 Å². The Kier molecular flexibility index (Phi) is 5.83. The summed E-state index contributed by atoms with van der Waals surface area (Å²) in [4.78, 5) is 12.0. The number of hydrogen-bond donors (Lipinski definition) is 1. The summed E-state index contributed by atoms with van der Waals surface area (Å²) in [5.74, 6) is 0.00607. The van der Waals surface area contributed by atoms with E-state index in [1.165, 1.54) is 5.56 Å². The Morgan fingerprint density at radius 3 is 2.67 bits per heavy atom. The number of hydrogen-bond acceptors (Lipinski definition) is 1. The molecule has 0 aromatic heterocycles. The van der Waals surface area contributed by atoms with Crippen molar-refractivity contribution in [1.29, 1.82) is 0 Å². The average Bonchev–Trinajstić information content (AvgIpc) is 2.46. The minimum absolute atomic E-state index is 0.00607. The summed E-state index contributed by atoms with van der Waals surface area (Å²) in [6, 6.07) is 13.9. The molecule has 0 heterocycles. The highest BCUT2D eigenvalue weighted by atomic mass is 79.9. The molecule has 0 aliphatic heterocycles. The van der Waals surface area contributed by atoms with E-state index in [0.29, 0.717) is 11.4 Å². The van der Waals surface area contributed by atoms with Crippen molar-refractivity contribution in [3.05, 3.63) is 63.1 Å². The van der Waals surface area contributed by atoms with E-state index in [-0.39, 0.29) is 5.91 Å². The van der Waals surface area contributed by atoms with Gasteiger partial charge in [0, 0.05) is 15.9 Å². The zero-order chi connectivity index (χ0) is 15.2. The molecule has 0 saturated heterocycles. The van der Waals surface area contributed by atoms with E-state index in [0.717, 1.165) is 28.6 Å². The molecule has 0 saturated carbocycles. The number of rotatable bonds is 5. The maximum Gasteiger partial charge on any atom is 0.224 e. The van der Waals surface area contributed by atoms with Gasteiger partial charge < -0.3 is 5.32 Å². The summed E-state index contributed by atoms with van der Waals surface area (Å²) in [5, 5.41) is 3.54. The summed E-state index contributed by atoms with van der Waals surface area (Å²) in [6.07, 6.45) is 2.23. The Morgan fingerprint density at radius 1 is 1.24 bits per heavy atom. The average molecular weight is 367 g/mol. The van der Waals surface area contributed by atoms with Crippen molar-refractivity contribution in [2.75, 3.05) is 5.32 Å². The summed E-state index contributed by atoms with van der Waals surface area (Å²) >= 11 is 9.52. The van der Waals surface area contributed by atoms with Crippen molar-refractivity contribution in [3.63, 3.8) is 0 Å². The first-order chi connectivity index (χ1) is 10.1. The number of benzene rings is 2. The Labute approximate surface area is 138 Å². The fourth-order valence-corrected chi connectivity index (χ4v) is 2.77. The molecule has 0 radical (unpaired) electrons. The number of amides is 1. The molecule has 0 atom stereocenters. The molecule has 0 bridgehead atoms. The third-order valence-corrected chi connectivity index (χ3v) is 4.30. The van der Waals surface area contributed by atoms with E-state index < -0.39 is 0 Å². The van der Waals surface area contributed by atoms with Gasteiger partial charge in [-0.15, -0.1) is 0 Å². The van der Waals surface area contributed by atoms with Gasteiger partial charge in [0.05, 0.1) is 5.69 Å². The zero-order valence-corrected chi connectivity index (χ0v) is 14.2. The topological polar surface area (TPSA) is 29.1 Å². The lowest BCUT2D eigenvalue weighted by atomic mass is 10.1. The molecule has 4 heteroatoms. The molecule has 2 aromatic carbocycles. The van der Waals surface area contributed by atoms with Crippen molar-refractivity contribution in [3.8, 4) is 0 Å². The van der Waals surface area contributed by atoms with Crippen LogP contribution in [0.25, 0.3) is 0 Å². The van der Waals surface area contributed by atoms with Gasteiger partial charge in [0.2, 0.25) is 5.91 Å². The fourth-order valence-electron chi connectivity index (χ4n) is 2.05. The van der Waals surface area contributed by atoms with E-state index in [9.17, 15) is 4.79 Å². The Balaban J connectivity index is 1.86. The van der Waals surface area contributed by atoms with E-state index >= 15 is 0 Å². The third kappa shape index (κ3) is 4.87. The number of halogens is 2. The third-order valence-electron chi connectivity index (χ3n) is 3.23. The molecular formula is C17H17BrClNO. The standard InChI is InChI=1S/C17H17BrClNO/c1-12-10-14(18)16(11-15(12)19)20-17(21)9-5-8-13-6-3-2-4-7-13/h2-4,6-7,10-11H,5,8-9H2,1H3,(H,20,21). The SMILES string of the molecule is Cc1cc(Br)c(NC(=O)CCCc2ccccc2)cc1Cl. The van der Waals surface area contributed by atoms with Gasteiger partial charge >= 0.3 is 0 Å². The van der Waals surface area contributed by atoms with Crippen LogP contribution in [0.2, 0.25) is 5.02 Å². The van der Waals surface area contributed by atoms with Crippen molar-refractivity contribution in [2.45, 2.75) is 26.2 Å². The maximum atomic E-state index is 12.0. The first-order valence-corrected chi connectivity index (χ1v) is 8.03. The molecule has 2 rings (SSSR count). The van der Waals surface area contributed by atoms with Crippen LogP contribution < -0.4 is 5.32 Å². The van der Waals surface area contributed by atoms with Gasteiger partial charge in [-0.25, -0.2) is 0 Å². The maximum absolute atomic E-state index is 12.0. The van der Waals surface area contributed by atoms with Crippen molar-refractivity contribution in [1.82, 2.24) is 0 Å². The predicted octanol–water partition coefficient (Wildman–Crippen LogP) is 5.37. The Morgan fingerprint density at radius 2 is 1.95 bits per heavy atom. The summed E-state index contributed by atoms with van der Waals surface area (Å²) < 4.78 is 0.848. The van der Waals surface area contributed by atoms with Gasteiger partial charge in [-0.3, -0.25) is 4.79 Å². The van der Waals surface area contributed by atoms with Gasteiger partial charge in [0.15, 0.2) is 0 Å². The van der Waals surface area contributed by atoms with Gasteiger partial charge in [-0.1, -0.05) is 41.9 Å². The monoisotopic (exact) mass is 365 g/mol. The van der Waals surface area contributed by atoms with E-state index in [1.807, 2.05) is 31.2 Å². The normalized spacial score (nSPS) is 10.4. The van der Waals surface area contributed by atoms with Gasteiger partial charge in [-0.05, 0) is 59.0 Å². The molecule has 1 amide bonds. The fraction of sp³-hybridized carbons (Fsp3) is 0.235. The lowest BCUT2D eigenvalue weighted by Crippen LogP contribution is -2.12. The number of nitrogens with one attached hydrogen (secondary N) is 1. The van der Waals surface area contributed by atoms with Gasteiger partial charge in [-0.2, -0.15) is 0 Å². The van der Waals surface area contributed by atoms with Crippen molar-refractivity contribution < 1.29 is 4.79 Å². The van der Waals surface area contributed by atoms with Crippen LogP contribution in [-0.2, 0) is 11.2 Å². The van der Waals surface area contributed by atoms with Crippen LogP contribution in [0.3, 0.4) is 0 Å². The molecule has 110 valence electrons. The largest absolute Gasteiger partial charge is 0.325 e. The lowest BCUT2D eigenvalue weighted by molar-refractivity contribution is -0.116. The molecule has 0 spiro atoms. The number of anilines is 1. The summed E-state index contributed by atoms with van der Waals surface area (Å²) in [5.41, 5.74) is 2.95. The molecule has 0 fully saturated rings. The number of carbonyl (C=O) groups is 1. The Hall–Kier alpha value is -1.32. The zero-order valence-electron chi connectivity index (χ0n) is 11.8. The highest BCUT2D eigenvalue weighted by molar-refractivity contribution is 9.10. The molecule has 21 heavy (non-hydrogen) atoms. The van der Waals surface area contributed by atoms with Gasteiger partial charge in [0.1, 0.15) is 0 Å². The highest BCUT2D eigenvalue weighted by Crippen LogP contribution is 2.29. The number of carbonyl (C=O) groups excluding carboxylic acids is 1. The van der Waals surface area contributed by atoms with E-state index in [1.54, 1.807) is 6.07 Å². The molecular weight excluding hydrogens is 350 g/mol. The van der Waals surface area contributed by atoms with Crippen molar-refractivity contribution >= 4 is 39.1 Å². The second-order valence-electron chi connectivity index (χ2n) is 4.97. The van der Waals surface area contributed by atoms with Crippen molar-refractivity contribution in [2.24, 2.45) is 0 Å². The van der Waals surface area contributed by atoms with Crippen LogP contribution in [0, 0.1) is 6.92 Å². The molecule has 0 aliphatic rings. The Bertz CT molecular complexity index is 628. The smallest absolute Gasteiger partial charge is 0.224 e. The number of aryl methyl sites for hydroxylation is 2. The molecule has 2 aromatic rings. The second-order valence-corrected chi connectivity index (χ2v) is 6.23. The first kappa shape index (κ1) is 16.1. The van der Waals surface area contributed by atoms with E-state index in [4.69, 9.17) is 11.6 Å². The molecule has 2 nitrogen and oxygen atoms in total. The van der Waals surface area contributed by atoms with Crippen LogP contribution in [0.15, 0.2) is 46.9 Å². The van der Waals surface area contributed by atoms with Crippen LogP contribution in [0.1, 0.15) is 24.0 Å². The molecule has 0 unspecified atom stereocenters. The first-order valence-electron chi connectivity index (χ1n) is 6.85. The minimum Gasteiger partial charge on any atom is -0.325 e. The molecule has 1 N–H and O–H groups in total. The summed E-state index contributed by atoms with van der Waals surface area (Å²) in [7, 11) is 0. The van der Waals surface area contributed by atoms with Crippen LogP contribution >= 0.6 is 27.5 Å². The molecule has 0 aliphatic carbocycles. The van der Waals surface area contributed by atoms with Crippen LogP contribution in [-0.4, -0.2) is 5.91 Å². The van der Waals surface area contributed by atoms with E-state index in [2.05, 4.69) is 33.4 Å². The predicted molar refractivity (Wildman–Crippen MR) is 91.9 cm³/mol. The summed E-state index contributed by atoms with van der Waals surface area (Å²) in [6.45, 7) is 1.93.